The van der Waals surface area contributed by atoms with Gasteiger partial charge < -0.3 is 10.6 Å². The summed E-state index contributed by atoms with van der Waals surface area (Å²) in [7, 11) is 0. The predicted octanol–water partition coefficient (Wildman–Crippen LogP) is 5.40. The Bertz CT molecular complexity index is 1230. The highest BCUT2D eigenvalue weighted by Gasteiger charge is 2.33. The number of alkyl halides is 3. The Labute approximate surface area is 182 Å². The summed E-state index contributed by atoms with van der Waals surface area (Å²) in [5.41, 5.74) is 1.26. The van der Waals surface area contributed by atoms with Crippen LogP contribution in [0.4, 0.5) is 18.9 Å². The molecule has 1 atom stereocenters. The van der Waals surface area contributed by atoms with E-state index < -0.39 is 11.9 Å². The first kappa shape index (κ1) is 21.4. The number of rotatable bonds is 4. The monoisotopic (exact) mass is 436 g/mol. The van der Waals surface area contributed by atoms with Gasteiger partial charge in [-0.25, -0.2) is 4.98 Å². The molecular weight excluding hydrogens is 417 g/mol. The molecule has 162 valence electrons. The summed E-state index contributed by atoms with van der Waals surface area (Å²) in [6.45, 7) is 0. The van der Waals surface area contributed by atoms with E-state index in [9.17, 15) is 18.0 Å². The van der Waals surface area contributed by atoms with Gasteiger partial charge >= 0.3 is 6.18 Å². The Balaban J connectivity index is 1.56. The minimum atomic E-state index is -4.55. The van der Waals surface area contributed by atoms with Crippen molar-refractivity contribution in [3.05, 3.63) is 83.2 Å². The molecule has 2 N–H and O–H groups in total. The first-order valence-corrected chi connectivity index (χ1v) is 10.1. The van der Waals surface area contributed by atoms with Gasteiger partial charge in [0.25, 0.3) is 5.91 Å². The summed E-state index contributed by atoms with van der Waals surface area (Å²) in [6.07, 6.45) is -0.567. The van der Waals surface area contributed by atoms with Crippen molar-refractivity contribution in [2.24, 2.45) is 0 Å². The Kier molecular flexibility index (Phi) is 5.82. The number of carbonyl (C=O) groups is 1. The van der Waals surface area contributed by atoms with E-state index in [-0.39, 0.29) is 17.5 Å². The van der Waals surface area contributed by atoms with Crippen LogP contribution in [0.5, 0.6) is 0 Å². The number of anilines is 1. The molecule has 0 unspecified atom stereocenters. The number of nitrogens with zero attached hydrogens (tertiary/aromatic N) is 2. The molecule has 0 fully saturated rings. The zero-order valence-electron chi connectivity index (χ0n) is 16.9. The van der Waals surface area contributed by atoms with Gasteiger partial charge in [0, 0.05) is 28.4 Å². The van der Waals surface area contributed by atoms with Crippen LogP contribution in [0.1, 0.15) is 40.9 Å². The van der Waals surface area contributed by atoms with Crippen LogP contribution in [0, 0.1) is 11.3 Å². The third-order valence-corrected chi connectivity index (χ3v) is 5.26. The minimum Gasteiger partial charge on any atom is -0.378 e. The maximum atomic E-state index is 13.3. The Hall–Kier alpha value is -3.86. The number of fused-ring (bicyclic) bond motifs is 1. The van der Waals surface area contributed by atoms with Gasteiger partial charge in [-0.1, -0.05) is 18.2 Å². The van der Waals surface area contributed by atoms with Crippen LogP contribution in [0.15, 0.2) is 66.4 Å². The fraction of sp³-hybridized carbons (Fsp3) is 0.208. The van der Waals surface area contributed by atoms with E-state index in [1.165, 1.54) is 0 Å². The third-order valence-electron chi connectivity index (χ3n) is 5.26. The van der Waals surface area contributed by atoms with Gasteiger partial charge in [-0.3, -0.25) is 4.79 Å². The molecule has 1 aromatic heterocycles. The average Bonchev–Trinajstić information content (AvgIpc) is 2.78. The molecule has 4 rings (SSSR count). The number of benzene rings is 2. The van der Waals surface area contributed by atoms with Crippen molar-refractivity contribution in [3.63, 3.8) is 0 Å². The second-order valence-electron chi connectivity index (χ2n) is 7.55. The Morgan fingerprint density at radius 3 is 2.59 bits per heavy atom. The van der Waals surface area contributed by atoms with E-state index in [1.54, 1.807) is 48.5 Å². The summed E-state index contributed by atoms with van der Waals surface area (Å²) in [4.78, 5) is 16.3. The molecule has 1 amide bonds. The maximum Gasteiger partial charge on any atom is 0.433 e. The van der Waals surface area contributed by atoms with Gasteiger partial charge in [-0.15, -0.1) is 0 Å². The van der Waals surface area contributed by atoms with Gasteiger partial charge in [0.1, 0.15) is 5.69 Å². The second-order valence-corrected chi connectivity index (χ2v) is 7.55. The molecule has 0 saturated heterocycles. The molecule has 1 aliphatic rings. The molecule has 0 spiro atoms. The lowest BCUT2D eigenvalue weighted by Crippen LogP contribution is -2.29. The van der Waals surface area contributed by atoms with Crippen molar-refractivity contribution in [2.75, 3.05) is 5.32 Å². The van der Waals surface area contributed by atoms with Crippen LogP contribution in [0.2, 0.25) is 0 Å². The van der Waals surface area contributed by atoms with Crippen LogP contribution in [0.3, 0.4) is 0 Å². The number of hydrogen-bond donors (Lipinski definition) is 2. The molecule has 1 aliphatic carbocycles. The van der Waals surface area contributed by atoms with E-state index in [2.05, 4.69) is 15.6 Å². The summed E-state index contributed by atoms with van der Waals surface area (Å²) in [5, 5.41) is 15.5. The summed E-state index contributed by atoms with van der Waals surface area (Å²) >= 11 is 0. The lowest BCUT2D eigenvalue weighted by Gasteiger charge is -2.24. The van der Waals surface area contributed by atoms with Gasteiger partial charge in [0.05, 0.1) is 17.1 Å². The number of para-hydroxylation sites is 1. The average molecular weight is 436 g/mol. The molecule has 32 heavy (non-hydrogen) atoms. The number of carbonyl (C=O) groups excluding carboxylic acids is 1. The van der Waals surface area contributed by atoms with Crippen LogP contribution in [-0.2, 0) is 6.18 Å². The van der Waals surface area contributed by atoms with E-state index in [1.807, 2.05) is 12.1 Å². The zero-order chi connectivity index (χ0) is 22.7. The van der Waals surface area contributed by atoms with Gasteiger partial charge in [-0.05, 0) is 61.7 Å². The number of hydrogen-bond acceptors (Lipinski definition) is 4. The first-order chi connectivity index (χ1) is 15.3. The third kappa shape index (κ3) is 4.72. The topological polar surface area (TPSA) is 77.8 Å². The van der Waals surface area contributed by atoms with Crippen molar-refractivity contribution in [1.82, 2.24) is 10.3 Å². The normalized spacial score (nSPS) is 16.2. The standard InChI is InChI=1S/C24H19F3N4O/c25-24(26,27)22-13-21(19-6-1-2-7-20(19)31-22)29-17-4-3-5-18(12-17)30-23(32)16-10-8-15(14-28)9-11-16/h1-2,6-13,17H,3-5H2,(H,29,31)(H,30,32)/t17-/m0/s1. The number of nitrogens with one attached hydrogen (secondary N) is 2. The van der Waals surface area contributed by atoms with Gasteiger partial charge in [0.15, 0.2) is 0 Å². The van der Waals surface area contributed by atoms with Gasteiger partial charge in [0.2, 0.25) is 0 Å². The molecule has 3 aromatic rings. The molecule has 1 heterocycles. The second kappa shape index (κ2) is 8.71. The fourth-order valence-corrected chi connectivity index (χ4v) is 3.69. The Morgan fingerprint density at radius 2 is 1.88 bits per heavy atom. The number of pyridine rings is 1. The highest BCUT2D eigenvalue weighted by Crippen LogP contribution is 2.34. The predicted molar refractivity (Wildman–Crippen MR) is 115 cm³/mol. The first-order valence-electron chi connectivity index (χ1n) is 10.1. The molecule has 2 aromatic carbocycles. The van der Waals surface area contributed by atoms with Crippen molar-refractivity contribution in [2.45, 2.75) is 31.5 Å². The summed E-state index contributed by atoms with van der Waals surface area (Å²) in [5.74, 6) is -0.296. The molecule has 0 saturated carbocycles. The molecule has 8 heteroatoms. The van der Waals surface area contributed by atoms with Crippen LogP contribution in [0.25, 0.3) is 10.9 Å². The number of aromatic nitrogens is 1. The molecule has 0 bridgehead atoms. The van der Waals surface area contributed by atoms with Crippen molar-refractivity contribution < 1.29 is 18.0 Å². The smallest absolute Gasteiger partial charge is 0.378 e. The molecule has 0 radical (unpaired) electrons. The van der Waals surface area contributed by atoms with Crippen LogP contribution in [-0.4, -0.2) is 16.9 Å². The largest absolute Gasteiger partial charge is 0.433 e. The number of allylic oxidation sites excluding steroid dienone is 1. The molecular formula is C24H19F3N4O. The zero-order valence-corrected chi connectivity index (χ0v) is 16.9. The molecule has 0 aliphatic heterocycles. The van der Waals surface area contributed by atoms with E-state index in [0.29, 0.717) is 40.7 Å². The molecule has 5 nitrogen and oxygen atoms in total. The summed E-state index contributed by atoms with van der Waals surface area (Å²) in [6, 6.07) is 15.8. The van der Waals surface area contributed by atoms with Crippen LogP contribution >= 0.6 is 0 Å². The van der Waals surface area contributed by atoms with E-state index in [0.717, 1.165) is 12.5 Å². The Morgan fingerprint density at radius 1 is 1.12 bits per heavy atom. The van der Waals surface area contributed by atoms with Crippen molar-refractivity contribution in [3.8, 4) is 6.07 Å². The maximum absolute atomic E-state index is 13.3. The van der Waals surface area contributed by atoms with Crippen molar-refractivity contribution >= 4 is 22.5 Å². The number of amides is 1. The van der Waals surface area contributed by atoms with Crippen LogP contribution < -0.4 is 10.6 Å². The van der Waals surface area contributed by atoms with E-state index in [4.69, 9.17) is 5.26 Å². The quantitative estimate of drug-likeness (QED) is 0.574. The van der Waals surface area contributed by atoms with E-state index >= 15 is 0 Å². The summed E-state index contributed by atoms with van der Waals surface area (Å²) < 4.78 is 40.0. The van der Waals surface area contributed by atoms with Gasteiger partial charge in [-0.2, -0.15) is 18.4 Å². The highest BCUT2D eigenvalue weighted by molar-refractivity contribution is 5.95. The highest BCUT2D eigenvalue weighted by atomic mass is 19.4. The minimum absolute atomic E-state index is 0.244. The lowest BCUT2D eigenvalue weighted by molar-refractivity contribution is -0.140. The number of halogens is 3. The fourth-order valence-electron chi connectivity index (χ4n) is 3.69. The lowest BCUT2D eigenvalue weighted by atomic mass is 9.98. The SMILES string of the molecule is N#Cc1ccc(C(=O)NC2=C[C@@H](Nc3cc(C(F)(F)F)nc4ccccc34)CCC2)cc1. The number of nitriles is 1. The van der Waals surface area contributed by atoms with Crippen molar-refractivity contribution in [1.29, 1.82) is 5.26 Å².